The summed E-state index contributed by atoms with van der Waals surface area (Å²) in [4.78, 5) is 11.8. The lowest BCUT2D eigenvalue weighted by Gasteiger charge is -2.28. The Hall–Kier alpha value is -1.55. The lowest BCUT2D eigenvalue weighted by molar-refractivity contribution is -0.123. The molecule has 110 valence electrons. The number of aliphatic hydroxyl groups excluding tert-OH is 1. The molecule has 1 aromatic carbocycles. The molecule has 2 atom stereocenters. The minimum Gasteiger partial charge on any atom is -0.494 e. The largest absolute Gasteiger partial charge is 0.494 e. The van der Waals surface area contributed by atoms with Gasteiger partial charge in [-0.25, -0.2) is 0 Å². The molecule has 1 fully saturated rings. The van der Waals surface area contributed by atoms with E-state index in [1.165, 1.54) is 0 Å². The Balaban J connectivity index is 1.60. The van der Waals surface area contributed by atoms with Gasteiger partial charge < -0.3 is 15.2 Å². The number of para-hydroxylation sites is 1. The van der Waals surface area contributed by atoms with Crippen molar-refractivity contribution in [3.63, 3.8) is 0 Å². The molecule has 0 saturated heterocycles. The molecule has 0 aliphatic heterocycles. The van der Waals surface area contributed by atoms with Gasteiger partial charge in [-0.2, -0.15) is 0 Å². The average molecular weight is 277 g/mol. The molecule has 4 heteroatoms. The van der Waals surface area contributed by atoms with Gasteiger partial charge in [-0.05, 0) is 31.4 Å². The molecule has 1 amide bonds. The van der Waals surface area contributed by atoms with E-state index < -0.39 is 0 Å². The number of benzene rings is 1. The number of carbonyl (C=O) groups is 1. The highest BCUT2D eigenvalue weighted by Gasteiger charge is 2.23. The van der Waals surface area contributed by atoms with Gasteiger partial charge in [-0.1, -0.05) is 31.0 Å². The molecule has 0 aromatic heterocycles. The lowest BCUT2D eigenvalue weighted by Crippen LogP contribution is -2.45. The summed E-state index contributed by atoms with van der Waals surface area (Å²) in [7, 11) is 0. The lowest BCUT2D eigenvalue weighted by atomic mass is 9.92. The fourth-order valence-corrected chi connectivity index (χ4v) is 2.50. The van der Waals surface area contributed by atoms with Gasteiger partial charge in [0.05, 0.1) is 18.8 Å². The van der Waals surface area contributed by atoms with Crippen molar-refractivity contribution in [3.05, 3.63) is 30.3 Å². The maximum absolute atomic E-state index is 11.8. The van der Waals surface area contributed by atoms with Crippen LogP contribution in [0, 0.1) is 0 Å². The van der Waals surface area contributed by atoms with Gasteiger partial charge in [0.15, 0.2) is 0 Å². The Kier molecular flexibility index (Phi) is 5.87. The summed E-state index contributed by atoms with van der Waals surface area (Å²) < 4.78 is 5.54. The van der Waals surface area contributed by atoms with E-state index in [0.717, 1.165) is 31.4 Å². The van der Waals surface area contributed by atoms with Crippen LogP contribution < -0.4 is 10.1 Å². The zero-order chi connectivity index (χ0) is 14.2. The first-order chi connectivity index (χ1) is 9.75. The average Bonchev–Trinajstić information content (AvgIpc) is 2.47. The van der Waals surface area contributed by atoms with Crippen LogP contribution in [0.4, 0.5) is 0 Å². The Labute approximate surface area is 120 Å². The van der Waals surface area contributed by atoms with Crippen molar-refractivity contribution in [1.29, 1.82) is 0 Å². The second kappa shape index (κ2) is 7.90. The molecule has 2 unspecified atom stereocenters. The second-order valence-electron chi connectivity index (χ2n) is 5.29. The van der Waals surface area contributed by atoms with Gasteiger partial charge in [0.1, 0.15) is 5.75 Å². The van der Waals surface area contributed by atoms with Gasteiger partial charge >= 0.3 is 0 Å². The summed E-state index contributed by atoms with van der Waals surface area (Å²) in [5, 5.41) is 12.7. The minimum atomic E-state index is -0.381. The summed E-state index contributed by atoms with van der Waals surface area (Å²) in [5.41, 5.74) is 0. The van der Waals surface area contributed by atoms with Crippen molar-refractivity contribution in [3.8, 4) is 5.75 Å². The van der Waals surface area contributed by atoms with Crippen LogP contribution >= 0.6 is 0 Å². The minimum absolute atomic E-state index is 0.00705. The molecule has 1 aromatic rings. The van der Waals surface area contributed by atoms with Gasteiger partial charge in [0.25, 0.3) is 0 Å². The van der Waals surface area contributed by atoms with Crippen LogP contribution in [0.15, 0.2) is 30.3 Å². The van der Waals surface area contributed by atoms with E-state index >= 15 is 0 Å². The van der Waals surface area contributed by atoms with Crippen LogP contribution in [0.5, 0.6) is 5.75 Å². The smallest absolute Gasteiger partial charge is 0.220 e. The number of rotatable bonds is 6. The highest BCUT2D eigenvalue weighted by molar-refractivity contribution is 5.76. The van der Waals surface area contributed by atoms with E-state index in [0.29, 0.717) is 19.4 Å². The number of ether oxygens (including phenoxy) is 1. The van der Waals surface area contributed by atoms with Crippen molar-refractivity contribution in [2.24, 2.45) is 0 Å². The first kappa shape index (κ1) is 14.9. The molecule has 2 rings (SSSR count). The van der Waals surface area contributed by atoms with Crippen LogP contribution in [0.2, 0.25) is 0 Å². The highest BCUT2D eigenvalue weighted by atomic mass is 16.5. The third-order valence-electron chi connectivity index (χ3n) is 3.64. The van der Waals surface area contributed by atoms with Crippen LogP contribution in [0.25, 0.3) is 0 Å². The Bertz CT molecular complexity index is 407. The Morgan fingerprint density at radius 2 is 2.00 bits per heavy atom. The maximum atomic E-state index is 11.8. The molecule has 0 radical (unpaired) electrons. The fourth-order valence-electron chi connectivity index (χ4n) is 2.50. The summed E-state index contributed by atoms with van der Waals surface area (Å²) in [6.45, 7) is 0.532. The fraction of sp³-hybridized carbons (Fsp3) is 0.562. The van der Waals surface area contributed by atoms with Crippen molar-refractivity contribution in [2.45, 2.75) is 50.7 Å². The molecule has 1 aliphatic rings. The van der Waals surface area contributed by atoms with Crippen LogP contribution in [0.3, 0.4) is 0 Å². The normalized spacial score (nSPS) is 22.2. The molecular weight excluding hydrogens is 254 g/mol. The van der Waals surface area contributed by atoms with E-state index in [-0.39, 0.29) is 18.1 Å². The predicted octanol–water partition coefficient (Wildman–Crippen LogP) is 2.27. The number of aliphatic hydroxyl groups is 1. The Morgan fingerprint density at radius 1 is 1.25 bits per heavy atom. The topological polar surface area (TPSA) is 58.6 Å². The first-order valence-electron chi connectivity index (χ1n) is 7.41. The zero-order valence-corrected chi connectivity index (χ0v) is 11.8. The number of carbonyl (C=O) groups excluding carboxylic acids is 1. The quantitative estimate of drug-likeness (QED) is 0.784. The maximum Gasteiger partial charge on any atom is 0.220 e. The van der Waals surface area contributed by atoms with E-state index in [4.69, 9.17) is 4.74 Å². The molecular formula is C16H23NO3. The van der Waals surface area contributed by atoms with Crippen LogP contribution in [-0.4, -0.2) is 29.8 Å². The standard InChI is InChI=1S/C16H23NO3/c18-15-10-5-4-9-14(15)17-16(19)11-6-12-20-13-7-2-1-3-8-13/h1-3,7-8,14-15,18H,4-6,9-12H2,(H,17,19). The summed E-state index contributed by atoms with van der Waals surface area (Å²) in [6, 6.07) is 9.53. The van der Waals surface area contributed by atoms with Crippen LogP contribution in [-0.2, 0) is 4.79 Å². The summed E-state index contributed by atoms with van der Waals surface area (Å²) >= 11 is 0. The van der Waals surface area contributed by atoms with Gasteiger partial charge in [0.2, 0.25) is 5.91 Å². The molecule has 4 nitrogen and oxygen atoms in total. The molecule has 20 heavy (non-hydrogen) atoms. The summed E-state index contributed by atoms with van der Waals surface area (Å²) in [5.74, 6) is 0.836. The van der Waals surface area contributed by atoms with Gasteiger partial charge in [-0.15, -0.1) is 0 Å². The van der Waals surface area contributed by atoms with E-state index in [2.05, 4.69) is 5.32 Å². The number of hydrogen-bond acceptors (Lipinski definition) is 3. The first-order valence-corrected chi connectivity index (χ1v) is 7.41. The third kappa shape index (κ3) is 4.85. The number of amides is 1. The number of hydrogen-bond donors (Lipinski definition) is 2. The SMILES string of the molecule is O=C(CCCOc1ccccc1)NC1CCCCC1O. The van der Waals surface area contributed by atoms with E-state index in [1.807, 2.05) is 30.3 Å². The highest BCUT2D eigenvalue weighted by Crippen LogP contribution is 2.18. The van der Waals surface area contributed by atoms with Crippen LogP contribution in [0.1, 0.15) is 38.5 Å². The van der Waals surface area contributed by atoms with Crippen molar-refractivity contribution < 1.29 is 14.6 Å². The van der Waals surface area contributed by atoms with Crippen molar-refractivity contribution in [2.75, 3.05) is 6.61 Å². The molecule has 0 bridgehead atoms. The molecule has 2 N–H and O–H groups in total. The molecule has 1 saturated carbocycles. The number of nitrogens with one attached hydrogen (secondary N) is 1. The second-order valence-corrected chi connectivity index (χ2v) is 5.29. The van der Waals surface area contributed by atoms with Crippen molar-refractivity contribution >= 4 is 5.91 Å². The van der Waals surface area contributed by atoms with Gasteiger partial charge in [0, 0.05) is 6.42 Å². The van der Waals surface area contributed by atoms with Crippen molar-refractivity contribution in [1.82, 2.24) is 5.32 Å². The predicted molar refractivity (Wildman–Crippen MR) is 77.6 cm³/mol. The zero-order valence-electron chi connectivity index (χ0n) is 11.8. The Morgan fingerprint density at radius 3 is 2.75 bits per heavy atom. The third-order valence-corrected chi connectivity index (χ3v) is 3.64. The summed E-state index contributed by atoms with van der Waals surface area (Å²) in [6.07, 6.45) is 4.56. The molecule has 1 aliphatic carbocycles. The molecule has 0 heterocycles. The monoisotopic (exact) mass is 277 g/mol. The van der Waals surface area contributed by atoms with E-state index in [9.17, 15) is 9.90 Å². The van der Waals surface area contributed by atoms with Gasteiger partial charge in [-0.3, -0.25) is 4.79 Å². The molecule has 0 spiro atoms. The van der Waals surface area contributed by atoms with E-state index in [1.54, 1.807) is 0 Å².